The van der Waals surface area contributed by atoms with E-state index in [9.17, 15) is 29.1 Å². The van der Waals surface area contributed by atoms with Crippen LogP contribution in [0.3, 0.4) is 0 Å². The average molecular weight is 496 g/mol. The van der Waals surface area contributed by atoms with Gasteiger partial charge in [-0.1, -0.05) is 12.2 Å². The normalized spacial score (nSPS) is 33.2. The molecule has 3 heterocycles. The molecule has 2 aliphatic heterocycles. The van der Waals surface area contributed by atoms with Gasteiger partial charge in [0.05, 0.1) is 16.0 Å². The minimum atomic E-state index is -4.88. The molecule has 1 aromatic heterocycles. The summed E-state index contributed by atoms with van der Waals surface area (Å²) in [7, 11) is -4.88. The van der Waals surface area contributed by atoms with Crippen LogP contribution in [0.25, 0.3) is 0 Å². The van der Waals surface area contributed by atoms with Gasteiger partial charge < -0.3 is 24.6 Å². The Morgan fingerprint density at radius 1 is 1.47 bits per heavy atom. The second-order valence-electron chi connectivity index (χ2n) is 6.83. The SMILES string of the molecule is [2H]C([2H])(OP1(=O)OCc2cc(F)ccc2O1)[C@@]1(F)O[C@@H](n2cc(CO)c(=S)[nH]c2=O)[C@H](O)[C@@H]1O. The van der Waals surface area contributed by atoms with Crippen LogP contribution in [-0.2, 0) is 31.6 Å². The van der Waals surface area contributed by atoms with Crippen LogP contribution in [0, 0.1) is 10.5 Å². The standard InChI is InChI=1S/C17H17F2N2O9PS/c18-10-1-2-11-8(3-10)6-27-31(26,30-11)28-7-17(19)13(24)12(23)15(29-17)21-4-9(5-22)14(32)20-16(21)25/h1-4,12-13,15,22-24H,5-7H2,(H,20,25,32)/t12-,13+,15-,17-,31?/m1/s1/i7D2. The molecule has 4 N–H and O–H groups in total. The second-order valence-corrected chi connectivity index (χ2v) is 8.75. The van der Waals surface area contributed by atoms with Crippen molar-refractivity contribution in [1.29, 1.82) is 0 Å². The number of phosphoric acid groups is 1. The molecule has 2 aliphatic rings. The van der Waals surface area contributed by atoms with Crippen molar-refractivity contribution in [3.8, 4) is 5.75 Å². The van der Waals surface area contributed by atoms with Crippen LogP contribution in [0.1, 0.15) is 20.1 Å². The van der Waals surface area contributed by atoms with E-state index < -0.39 is 63.4 Å². The summed E-state index contributed by atoms with van der Waals surface area (Å²) in [4.78, 5) is 14.4. The first kappa shape index (κ1) is 20.6. The van der Waals surface area contributed by atoms with E-state index in [-0.39, 0.29) is 21.5 Å². The molecule has 15 heteroatoms. The number of nitrogens with zero attached hydrogens (tertiary/aromatic N) is 1. The maximum Gasteiger partial charge on any atom is 0.530 e. The number of aromatic nitrogens is 2. The smallest absolute Gasteiger partial charge is 0.404 e. The maximum atomic E-state index is 15.7. The number of hydrogen-bond donors (Lipinski definition) is 4. The number of aromatic amines is 1. The summed E-state index contributed by atoms with van der Waals surface area (Å²) in [5.74, 6) is -4.71. The van der Waals surface area contributed by atoms with Crippen LogP contribution < -0.4 is 10.2 Å². The number of hydrogen-bond acceptors (Lipinski definition) is 10. The Kier molecular flexibility index (Phi) is 5.39. The van der Waals surface area contributed by atoms with E-state index in [2.05, 4.69) is 9.51 Å². The highest BCUT2D eigenvalue weighted by molar-refractivity contribution is 7.71. The summed E-state index contributed by atoms with van der Waals surface area (Å²) in [6.07, 6.45) is -5.97. The van der Waals surface area contributed by atoms with Crippen molar-refractivity contribution >= 4 is 20.0 Å². The summed E-state index contributed by atoms with van der Waals surface area (Å²) in [5.41, 5.74) is -0.919. The second kappa shape index (κ2) is 8.39. The number of aliphatic hydroxyl groups is 3. The molecule has 11 nitrogen and oxygen atoms in total. The lowest BCUT2D eigenvalue weighted by molar-refractivity contribution is -0.205. The quantitative estimate of drug-likeness (QED) is 0.351. The molecular formula is C17H17F2N2O9PS. The van der Waals surface area contributed by atoms with Gasteiger partial charge in [-0.15, -0.1) is 0 Å². The Balaban J connectivity index is 1.63. The third kappa shape index (κ3) is 4.16. The van der Waals surface area contributed by atoms with Gasteiger partial charge in [0.15, 0.2) is 6.23 Å². The Hall–Kier alpha value is -2.03. The number of aliphatic hydroxyl groups excluding tert-OH is 3. The highest BCUT2D eigenvalue weighted by Crippen LogP contribution is 2.55. The lowest BCUT2D eigenvalue weighted by Gasteiger charge is -2.28. The molecule has 1 unspecified atom stereocenters. The van der Waals surface area contributed by atoms with Crippen LogP contribution in [0.5, 0.6) is 5.75 Å². The van der Waals surface area contributed by atoms with Crippen LogP contribution in [0.4, 0.5) is 8.78 Å². The molecule has 0 aliphatic carbocycles. The monoisotopic (exact) mass is 496 g/mol. The molecule has 0 bridgehead atoms. The van der Waals surface area contributed by atoms with E-state index in [1.54, 1.807) is 0 Å². The first-order valence-corrected chi connectivity index (χ1v) is 10.8. The zero-order chi connectivity index (χ0) is 25.1. The largest absolute Gasteiger partial charge is 0.530 e. The van der Waals surface area contributed by atoms with Crippen molar-refractivity contribution in [3.63, 3.8) is 0 Å². The predicted octanol–water partition coefficient (Wildman–Crippen LogP) is 1.19. The summed E-state index contributed by atoms with van der Waals surface area (Å²) in [6, 6.07) is 3.06. The molecule has 1 aromatic carbocycles. The van der Waals surface area contributed by atoms with Gasteiger partial charge in [-0.05, 0) is 18.2 Å². The van der Waals surface area contributed by atoms with Crippen molar-refractivity contribution in [1.82, 2.24) is 9.55 Å². The van der Waals surface area contributed by atoms with E-state index in [1.165, 1.54) is 0 Å². The van der Waals surface area contributed by atoms with Gasteiger partial charge in [0.2, 0.25) is 0 Å². The molecule has 0 amide bonds. The Morgan fingerprint density at radius 3 is 2.94 bits per heavy atom. The molecule has 174 valence electrons. The van der Waals surface area contributed by atoms with Gasteiger partial charge in [-0.3, -0.25) is 18.6 Å². The number of fused-ring (bicyclic) bond motifs is 1. The first-order valence-electron chi connectivity index (χ1n) is 9.92. The topological polar surface area (TPSA) is 152 Å². The summed E-state index contributed by atoms with van der Waals surface area (Å²) >= 11 is 4.85. The van der Waals surface area contributed by atoms with Crippen LogP contribution >= 0.6 is 20.0 Å². The summed E-state index contributed by atoms with van der Waals surface area (Å²) in [6.45, 7) is -4.95. The van der Waals surface area contributed by atoms with Gasteiger partial charge in [0.25, 0.3) is 5.85 Å². The zero-order valence-electron chi connectivity index (χ0n) is 17.8. The van der Waals surface area contributed by atoms with E-state index in [4.69, 9.17) is 28.7 Å². The number of phosphoric ester groups is 1. The fourth-order valence-corrected chi connectivity index (χ4v) is 4.33. The van der Waals surface area contributed by atoms with Crippen molar-refractivity contribution in [2.45, 2.75) is 37.5 Å². The van der Waals surface area contributed by atoms with Crippen molar-refractivity contribution in [2.24, 2.45) is 0 Å². The molecular weight excluding hydrogens is 477 g/mol. The van der Waals surface area contributed by atoms with Crippen molar-refractivity contribution < 1.29 is 49.7 Å². The fourth-order valence-electron chi connectivity index (χ4n) is 3.03. The van der Waals surface area contributed by atoms with E-state index in [0.717, 1.165) is 24.4 Å². The average Bonchev–Trinajstić information content (AvgIpc) is 2.99. The molecule has 1 saturated heterocycles. The van der Waals surface area contributed by atoms with Gasteiger partial charge in [0.1, 0.15) is 35.0 Å². The number of H-pyrrole nitrogens is 1. The van der Waals surface area contributed by atoms with Gasteiger partial charge >= 0.3 is 13.5 Å². The molecule has 2 aromatic rings. The molecule has 0 radical (unpaired) electrons. The molecule has 1 fully saturated rings. The number of rotatable bonds is 5. The summed E-state index contributed by atoms with van der Waals surface area (Å²) < 4.78 is 77.7. The first-order chi connectivity index (χ1) is 15.8. The molecule has 32 heavy (non-hydrogen) atoms. The molecule has 5 atom stereocenters. The number of nitrogens with one attached hydrogen (secondary N) is 1. The highest BCUT2D eigenvalue weighted by atomic mass is 32.1. The highest BCUT2D eigenvalue weighted by Gasteiger charge is 2.57. The minimum Gasteiger partial charge on any atom is -0.404 e. The van der Waals surface area contributed by atoms with Gasteiger partial charge in [0, 0.05) is 17.3 Å². The van der Waals surface area contributed by atoms with Crippen LogP contribution in [0.2, 0.25) is 0 Å². The molecule has 4 rings (SSSR count). The Labute approximate surface area is 186 Å². The Bertz CT molecular complexity index is 1290. The zero-order valence-corrected chi connectivity index (χ0v) is 17.5. The third-order valence-corrected chi connectivity index (χ3v) is 6.23. The molecule has 0 spiro atoms. The predicted molar refractivity (Wildman–Crippen MR) is 103 cm³/mol. The number of alkyl halides is 1. The Morgan fingerprint density at radius 2 is 2.22 bits per heavy atom. The van der Waals surface area contributed by atoms with Crippen LogP contribution in [-0.4, -0.2) is 49.5 Å². The number of halogens is 2. The van der Waals surface area contributed by atoms with Gasteiger partial charge in [-0.25, -0.2) is 18.1 Å². The van der Waals surface area contributed by atoms with Crippen LogP contribution in [0.15, 0.2) is 29.2 Å². The summed E-state index contributed by atoms with van der Waals surface area (Å²) in [5, 5.41) is 29.9. The lowest BCUT2D eigenvalue weighted by Crippen LogP contribution is -2.43. The van der Waals surface area contributed by atoms with E-state index >= 15 is 4.39 Å². The third-order valence-electron chi connectivity index (χ3n) is 4.68. The van der Waals surface area contributed by atoms with E-state index in [0.29, 0.717) is 4.57 Å². The number of ether oxygens (including phenoxy) is 1. The fraction of sp³-hybridized carbons (Fsp3) is 0.412. The maximum absolute atomic E-state index is 15.7. The van der Waals surface area contributed by atoms with E-state index in [1.807, 2.05) is 0 Å². The van der Waals surface area contributed by atoms with Crippen molar-refractivity contribution in [3.05, 3.63) is 56.5 Å². The van der Waals surface area contributed by atoms with Crippen molar-refractivity contribution in [2.75, 3.05) is 6.56 Å². The lowest BCUT2D eigenvalue weighted by atomic mass is 10.1. The number of benzene rings is 1. The molecule has 0 saturated carbocycles. The minimum absolute atomic E-state index is 0.0148. The van der Waals surface area contributed by atoms with Gasteiger partial charge in [-0.2, -0.15) is 0 Å².